The first-order chi connectivity index (χ1) is 7.88. The Morgan fingerprint density at radius 2 is 2.12 bits per heavy atom. The van der Waals surface area contributed by atoms with Crippen LogP contribution in [0.1, 0.15) is 45.4 Å². The minimum absolute atomic E-state index is 0.595. The summed E-state index contributed by atoms with van der Waals surface area (Å²) in [6.07, 6.45) is 7.70. The molecule has 1 rings (SSSR count). The van der Waals surface area contributed by atoms with Crippen molar-refractivity contribution in [2.45, 2.75) is 51.5 Å². The molecule has 2 N–H and O–H groups in total. The van der Waals surface area contributed by atoms with Crippen molar-refractivity contribution in [3.05, 3.63) is 0 Å². The smallest absolute Gasteiger partial charge is 0.0593 e. The van der Waals surface area contributed by atoms with Crippen LogP contribution in [0.25, 0.3) is 0 Å². The van der Waals surface area contributed by atoms with Crippen molar-refractivity contribution in [1.82, 2.24) is 4.90 Å². The van der Waals surface area contributed by atoms with E-state index in [1.165, 1.54) is 45.1 Å². The summed E-state index contributed by atoms with van der Waals surface area (Å²) in [6.45, 7) is 7.05. The molecule has 0 aromatic carbocycles. The molecule has 1 heterocycles. The van der Waals surface area contributed by atoms with Crippen molar-refractivity contribution in [2.75, 3.05) is 32.8 Å². The third kappa shape index (κ3) is 5.28. The zero-order chi connectivity index (χ0) is 11.6. The van der Waals surface area contributed by atoms with Crippen LogP contribution in [0.15, 0.2) is 0 Å². The molecule has 0 bridgehead atoms. The molecule has 0 saturated carbocycles. The van der Waals surface area contributed by atoms with Gasteiger partial charge < -0.3 is 10.5 Å². The summed E-state index contributed by atoms with van der Waals surface area (Å²) in [6, 6.07) is 0.595. The van der Waals surface area contributed by atoms with E-state index >= 15 is 0 Å². The van der Waals surface area contributed by atoms with Gasteiger partial charge in [0.15, 0.2) is 0 Å². The van der Waals surface area contributed by atoms with Crippen LogP contribution in [0, 0.1) is 0 Å². The molecule has 1 fully saturated rings. The Balaban J connectivity index is 2.15. The van der Waals surface area contributed by atoms with Crippen molar-refractivity contribution in [3.63, 3.8) is 0 Å². The van der Waals surface area contributed by atoms with E-state index in [1.807, 2.05) is 0 Å². The SMILES string of the molecule is CCCCOCCN1CCCCCC1CN. The highest BCUT2D eigenvalue weighted by molar-refractivity contribution is 4.75. The summed E-state index contributed by atoms with van der Waals surface area (Å²) in [7, 11) is 0. The van der Waals surface area contributed by atoms with E-state index in [1.54, 1.807) is 0 Å². The van der Waals surface area contributed by atoms with Crippen LogP contribution in [0.5, 0.6) is 0 Å². The predicted molar refractivity (Wildman–Crippen MR) is 68.6 cm³/mol. The van der Waals surface area contributed by atoms with Crippen LogP contribution in [0.4, 0.5) is 0 Å². The summed E-state index contributed by atoms with van der Waals surface area (Å²) < 4.78 is 5.63. The standard InChI is InChI=1S/C13H28N2O/c1-2-3-10-16-11-9-15-8-6-4-5-7-13(15)12-14/h13H,2-12,14H2,1H3. The average molecular weight is 228 g/mol. The average Bonchev–Trinajstić information content (AvgIpc) is 2.53. The van der Waals surface area contributed by atoms with Crippen molar-refractivity contribution in [2.24, 2.45) is 5.73 Å². The Labute approximate surface area is 100 Å². The first-order valence-electron chi connectivity index (χ1n) is 6.90. The monoisotopic (exact) mass is 228 g/mol. The van der Waals surface area contributed by atoms with Gasteiger partial charge in [0, 0.05) is 25.7 Å². The second kappa shape index (κ2) is 8.97. The largest absolute Gasteiger partial charge is 0.380 e. The van der Waals surface area contributed by atoms with Crippen LogP contribution < -0.4 is 5.73 Å². The maximum Gasteiger partial charge on any atom is 0.0593 e. The Morgan fingerprint density at radius 1 is 1.25 bits per heavy atom. The van der Waals surface area contributed by atoms with Crippen molar-refractivity contribution >= 4 is 0 Å². The number of nitrogens with two attached hydrogens (primary N) is 1. The fourth-order valence-electron chi connectivity index (χ4n) is 2.33. The van der Waals surface area contributed by atoms with Gasteiger partial charge in [0.2, 0.25) is 0 Å². The topological polar surface area (TPSA) is 38.5 Å². The third-order valence-corrected chi connectivity index (χ3v) is 3.44. The molecule has 0 aromatic heterocycles. The number of likely N-dealkylation sites (tertiary alicyclic amines) is 1. The van der Waals surface area contributed by atoms with E-state index in [0.29, 0.717) is 6.04 Å². The van der Waals surface area contributed by atoms with Crippen LogP contribution in [0.3, 0.4) is 0 Å². The van der Waals surface area contributed by atoms with E-state index in [9.17, 15) is 0 Å². The van der Waals surface area contributed by atoms with Crippen molar-refractivity contribution in [3.8, 4) is 0 Å². The van der Waals surface area contributed by atoms with Crippen molar-refractivity contribution in [1.29, 1.82) is 0 Å². The lowest BCUT2D eigenvalue weighted by atomic mass is 10.1. The van der Waals surface area contributed by atoms with Gasteiger partial charge in [0.25, 0.3) is 0 Å². The normalized spacial score (nSPS) is 23.2. The van der Waals surface area contributed by atoms with Crippen LogP contribution in [0.2, 0.25) is 0 Å². The van der Waals surface area contributed by atoms with Gasteiger partial charge in [0.1, 0.15) is 0 Å². The van der Waals surface area contributed by atoms with Crippen LogP contribution in [-0.2, 0) is 4.74 Å². The fraction of sp³-hybridized carbons (Fsp3) is 1.00. The van der Waals surface area contributed by atoms with E-state index in [2.05, 4.69) is 11.8 Å². The molecular weight excluding hydrogens is 200 g/mol. The van der Waals surface area contributed by atoms with Gasteiger partial charge in [-0.05, 0) is 25.8 Å². The fourth-order valence-corrected chi connectivity index (χ4v) is 2.33. The van der Waals surface area contributed by atoms with Crippen LogP contribution >= 0.6 is 0 Å². The summed E-state index contributed by atoms with van der Waals surface area (Å²) in [4.78, 5) is 2.53. The summed E-state index contributed by atoms with van der Waals surface area (Å²) >= 11 is 0. The molecule has 1 aliphatic heterocycles. The molecule has 16 heavy (non-hydrogen) atoms. The van der Waals surface area contributed by atoms with Gasteiger partial charge in [-0.3, -0.25) is 4.90 Å². The highest BCUT2D eigenvalue weighted by atomic mass is 16.5. The van der Waals surface area contributed by atoms with Gasteiger partial charge in [-0.2, -0.15) is 0 Å². The number of nitrogens with zero attached hydrogens (tertiary/aromatic N) is 1. The lowest BCUT2D eigenvalue weighted by Crippen LogP contribution is -2.41. The summed E-state index contributed by atoms with van der Waals surface area (Å²) in [5, 5.41) is 0. The zero-order valence-corrected chi connectivity index (χ0v) is 10.8. The van der Waals surface area contributed by atoms with E-state index in [4.69, 9.17) is 10.5 Å². The minimum atomic E-state index is 0.595. The Bertz CT molecular complexity index is 164. The quantitative estimate of drug-likeness (QED) is 0.677. The second-order valence-electron chi connectivity index (χ2n) is 4.74. The molecule has 0 aliphatic carbocycles. The number of unbranched alkanes of at least 4 members (excludes halogenated alkanes) is 1. The minimum Gasteiger partial charge on any atom is -0.380 e. The van der Waals surface area contributed by atoms with Gasteiger partial charge in [0.05, 0.1) is 6.61 Å². The predicted octanol–water partition coefficient (Wildman–Crippen LogP) is 2.01. The second-order valence-corrected chi connectivity index (χ2v) is 4.74. The highest BCUT2D eigenvalue weighted by Crippen LogP contribution is 2.15. The zero-order valence-electron chi connectivity index (χ0n) is 10.8. The molecule has 96 valence electrons. The molecule has 3 heteroatoms. The molecule has 0 aromatic rings. The molecule has 1 saturated heterocycles. The summed E-state index contributed by atoms with van der Waals surface area (Å²) in [5.74, 6) is 0. The molecule has 1 atom stereocenters. The lowest BCUT2D eigenvalue weighted by molar-refractivity contribution is 0.0872. The Hall–Kier alpha value is -0.120. The maximum atomic E-state index is 5.83. The van der Waals surface area contributed by atoms with Crippen molar-refractivity contribution < 1.29 is 4.74 Å². The van der Waals surface area contributed by atoms with Gasteiger partial charge in [-0.15, -0.1) is 0 Å². The molecule has 0 spiro atoms. The molecular formula is C13H28N2O. The van der Waals surface area contributed by atoms with Gasteiger partial charge in [-0.1, -0.05) is 26.2 Å². The number of hydrogen-bond acceptors (Lipinski definition) is 3. The highest BCUT2D eigenvalue weighted by Gasteiger charge is 2.18. The maximum absolute atomic E-state index is 5.83. The lowest BCUT2D eigenvalue weighted by Gasteiger charge is -2.28. The number of ether oxygens (including phenoxy) is 1. The Kier molecular flexibility index (Phi) is 7.81. The Morgan fingerprint density at radius 3 is 2.88 bits per heavy atom. The summed E-state index contributed by atoms with van der Waals surface area (Å²) in [5.41, 5.74) is 5.83. The van der Waals surface area contributed by atoms with E-state index in [-0.39, 0.29) is 0 Å². The van der Waals surface area contributed by atoms with E-state index < -0.39 is 0 Å². The molecule has 1 aliphatic rings. The first-order valence-corrected chi connectivity index (χ1v) is 6.90. The number of hydrogen-bond donors (Lipinski definition) is 1. The molecule has 3 nitrogen and oxygen atoms in total. The van der Waals surface area contributed by atoms with Gasteiger partial charge in [-0.25, -0.2) is 0 Å². The molecule has 0 radical (unpaired) electrons. The third-order valence-electron chi connectivity index (χ3n) is 3.44. The van der Waals surface area contributed by atoms with Gasteiger partial charge >= 0.3 is 0 Å². The van der Waals surface area contributed by atoms with Crippen LogP contribution in [-0.4, -0.2) is 43.8 Å². The number of rotatable bonds is 7. The molecule has 1 unspecified atom stereocenters. The molecule has 0 amide bonds. The van der Waals surface area contributed by atoms with E-state index in [0.717, 1.165) is 26.3 Å². The first kappa shape index (κ1) is 13.9.